The molecule has 1 heterocycles. The maximum atomic E-state index is 10.2. The van der Waals surface area contributed by atoms with Gasteiger partial charge in [-0.2, -0.15) is 5.06 Å². The van der Waals surface area contributed by atoms with E-state index in [0.717, 1.165) is 22.2 Å². The van der Waals surface area contributed by atoms with Crippen LogP contribution in [0.5, 0.6) is 0 Å². The van der Waals surface area contributed by atoms with Gasteiger partial charge >= 0.3 is 0 Å². The summed E-state index contributed by atoms with van der Waals surface area (Å²) >= 11 is 3.41. The Kier molecular flexibility index (Phi) is 3.39. The van der Waals surface area contributed by atoms with Crippen molar-refractivity contribution in [2.75, 3.05) is 0 Å². The van der Waals surface area contributed by atoms with E-state index in [1.165, 1.54) is 5.06 Å². The van der Waals surface area contributed by atoms with Crippen LogP contribution in [0.3, 0.4) is 0 Å². The van der Waals surface area contributed by atoms with Gasteiger partial charge in [0.1, 0.15) is 0 Å². The monoisotopic (exact) mass is 296 g/mol. The first-order chi connectivity index (χ1) is 7.96. The highest BCUT2D eigenvalue weighted by molar-refractivity contribution is 9.10. The van der Waals surface area contributed by atoms with E-state index in [9.17, 15) is 5.21 Å². The highest BCUT2D eigenvalue weighted by Crippen LogP contribution is 2.36. The highest BCUT2D eigenvalue weighted by Gasteiger charge is 2.41. The highest BCUT2D eigenvalue weighted by atomic mass is 79.9. The first kappa shape index (κ1) is 12.7. The standard InChI is InChI=1S/C13H17BrN2O/c1-4-11-13(2,3)16(17)12(15-11)9-5-7-10(14)8-6-9/h5-8,12,17H,4H2,1-3H3/t12-/m1/s1. The molecule has 0 amide bonds. The minimum Gasteiger partial charge on any atom is -0.311 e. The van der Waals surface area contributed by atoms with Gasteiger partial charge in [-0.3, -0.25) is 4.99 Å². The largest absolute Gasteiger partial charge is 0.311 e. The van der Waals surface area contributed by atoms with Crippen molar-refractivity contribution in [1.82, 2.24) is 5.06 Å². The van der Waals surface area contributed by atoms with Crippen molar-refractivity contribution in [2.24, 2.45) is 4.99 Å². The van der Waals surface area contributed by atoms with Crippen molar-refractivity contribution in [2.45, 2.75) is 38.9 Å². The van der Waals surface area contributed by atoms with Crippen LogP contribution in [-0.4, -0.2) is 21.5 Å². The third kappa shape index (κ3) is 2.17. The van der Waals surface area contributed by atoms with E-state index >= 15 is 0 Å². The molecular formula is C13H17BrN2O. The molecule has 1 aromatic rings. The predicted octanol–water partition coefficient (Wildman–Crippen LogP) is 3.78. The topological polar surface area (TPSA) is 35.8 Å². The lowest BCUT2D eigenvalue weighted by atomic mass is 9.97. The first-order valence-corrected chi connectivity index (χ1v) is 6.57. The van der Waals surface area contributed by atoms with E-state index in [0.29, 0.717) is 0 Å². The number of halogens is 1. The van der Waals surface area contributed by atoms with Gasteiger partial charge < -0.3 is 5.21 Å². The van der Waals surface area contributed by atoms with Crippen molar-refractivity contribution in [1.29, 1.82) is 0 Å². The molecule has 0 spiro atoms. The second-order valence-electron chi connectivity index (χ2n) is 4.76. The van der Waals surface area contributed by atoms with Gasteiger partial charge in [0.15, 0.2) is 6.17 Å². The van der Waals surface area contributed by atoms with Crippen LogP contribution >= 0.6 is 15.9 Å². The minimum atomic E-state index is -0.382. The Labute approximate surface area is 110 Å². The molecule has 0 saturated carbocycles. The van der Waals surface area contributed by atoms with Crippen LogP contribution in [0.1, 0.15) is 38.9 Å². The Morgan fingerprint density at radius 3 is 2.41 bits per heavy atom. The number of hydrogen-bond donors (Lipinski definition) is 1. The summed E-state index contributed by atoms with van der Waals surface area (Å²) in [6, 6.07) is 7.90. The number of benzene rings is 1. The third-order valence-electron chi connectivity index (χ3n) is 3.29. The number of hydroxylamine groups is 2. The van der Waals surface area contributed by atoms with Gasteiger partial charge in [-0.05, 0) is 38.0 Å². The molecule has 0 aliphatic carbocycles. The van der Waals surface area contributed by atoms with Crippen LogP contribution in [0, 0.1) is 0 Å². The molecule has 1 atom stereocenters. The smallest absolute Gasteiger partial charge is 0.151 e. The zero-order valence-electron chi connectivity index (χ0n) is 10.3. The average molecular weight is 297 g/mol. The first-order valence-electron chi connectivity index (χ1n) is 5.77. The molecule has 1 aliphatic heterocycles. The molecular weight excluding hydrogens is 280 g/mol. The van der Waals surface area contributed by atoms with Crippen LogP contribution < -0.4 is 0 Å². The summed E-state index contributed by atoms with van der Waals surface area (Å²) < 4.78 is 1.03. The molecule has 3 nitrogen and oxygen atoms in total. The van der Waals surface area contributed by atoms with E-state index in [1.54, 1.807) is 0 Å². The van der Waals surface area contributed by atoms with E-state index < -0.39 is 0 Å². The van der Waals surface area contributed by atoms with Crippen LogP contribution in [0.2, 0.25) is 0 Å². The van der Waals surface area contributed by atoms with Gasteiger partial charge in [-0.25, -0.2) is 0 Å². The zero-order valence-corrected chi connectivity index (χ0v) is 11.9. The average Bonchev–Trinajstić information content (AvgIpc) is 2.52. The fraction of sp³-hybridized carbons (Fsp3) is 0.462. The molecule has 0 unspecified atom stereocenters. The summed E-state index contributed by atoms with van der Waals surface area (Å²) in [5, 5.41) is 11.6. The Hall–Kier alpha value is -0.710. The van der Waals surface area contributed by atoms with Crippen molar-refractivity contribution >= 4 is 21.6 Å². The predicted molar refractivity (Wildman–Crippen MR) is 72.3 cm³/mol. The van der Waals surface area contributed by atoms with Gasteiger partial charge in [-0.15, -0.1) is 0 Å². The summed E-state index contributed by atoms with van der Waals surface area (Å²) in [6.45, 7) is 6.06. The molecule has 0 aromatic heterocycles. The summed E-state index contributed by atoms with van der Waals surface area (Å²) in [6.07, 6.45) is 0.574. The quantitative estimate of drug-likeness (QED) is 0.901. The Bertz CT molecular complexity index is 439. The molecule has 1 aromatic carbocycles. The van der Waals surface area contributed by atoms with E-state index in [-0.39, 0.29) is 11.7 Å². The van der Waals surface area contributed by atoms with E-state index in [4.69, 9.17) is 0 Å². The molecule has 1 aliphatic rings. The van der Waals surface area contributed by atoms with Gasteiger partial charge in [0.2, 0.25) is 0 Å². The van der Waals surface area contributed by atoms with Gasteiger partial charge in [0.05, 0.1) is 5.54 Å². The van der Waals surface area contributed by atoms with E-state index in [1.807, 2.05) is 38.1 Å². The second-order valence-corrected chi connectivity index (χ2v) is 5.67. The summed E-state index contributed by atoms with van der Waals surface area (Å²) in [7, 11) is 0. The summed E-state index contributed by atoms with van der Waals surface area (Å²) in [5.74, 6) is 0. The Morgan fingerprint density at radius 2 is 1.94 bits per heavy atom. The maximum Gasteiger partial charge on any atom is 0.151 e. The SMILES string of the molecule is CCC1=N[C@@H](c2ccc(Br)cc2)N(O)C1(C)C. The molecule has 0 saturated heterocycles. The van der Waals surface area contributed by atoms with Crippen molar-refractivity contribution in [3.05, 3.63) is 34.3 Å². The third-order valence-corrected chi connectivity index (χ3v) is 3.82. The van der Waals surface area contributed by atoms with Crippen LogP contribution in [-0.2, 0) is 0 Å². The number of nitrogens with zero attached hydrogens (tertiary/aromatic N) is 2. The van der Waals surface area contributed by atoms with Gasteiger partial charge in [0, 0.05) is 10.2 Å². The minimum absolute atomic E-state index is 0.284. The lowest BCUT2D eigenvalue weighted by Gasteiger charge is -2.30. The molecule has 1 N–H and O–H groups in total. The van der Waals surface area contributed by atoms with E-state index in [2.05, 4.69) is 27.8 Å². The van der Waals surface area contributed by atoms with Crippen molar-refractivity contribution in [3.8, 4) is 0 Å². The lowest BCUT2D eigenvalue weighted by molar-refractivity contribution is -0.159. The number of hydrogen-bond acceptors (Lipinski definition) is 3. The lowest BCUT2D eigenvalue weighted by Crippen LogP contribution is -2.43. The molecule has 92 valence electrons. The molecule has 0 radical (unpaired) electrons. The molecule has 4 heteroatoms. The Morgan fingerprint density at radius 1 is 1.35 bits per heavy atom. The van der Waals surface area contributed by atoms with Gasteiger partial charge in [0.25, 0.3) is 0 Å². The summed E-state index contributed by atoms with van der Waals surface area (Å²) in [5.41, 5.74) is 1.66. The van der Waals surface area contributed by atoms with Crippen LogP contribution in [0.4, 0.5) is 0 Å². The van der Waals surface area contributed by atoms with Crippen molar-refractivity contribution < 1.29 is 5.21 Å². The molecule has 17 heavy (non-hydrogen) atoms. The molecule has 0 fully saturated rings. The van der Waals surface area contributed by atoms with Crippen LogP contribution in [0.15, 0.2) is 33.7 Å². The fourth-order valence-corrected chi connectivity index (χ4v) is 2.44. The molecule has 0 bridgehead atoms. The number of rotatable bonds is 2. The number of aliphatic imine (C=N–C) groups is 1. The fourth-order valence-electron chi connectivity index (χ4n) is 2.17. The van der Waals surface area contributed by atoms with Crippen LogP contribution in [0.25, 0.3) is 0 Å². The molecule has 2 rings (SSSR count). The normalized spacial score (nSPS) is 23.8. The van der Waals surface area contributed by atoms with Gasteiger partial charge in [-0.1, -0.05) is 35.0 Å². The second kappa shape index (κ2) is 4.52. The zero-order chi connectivity index (χ0) is 12.6. The maximum absolute atomic E-state index is 10.2. The van der Waals surface area contributed by atoms with Crippen molar-refractivity contribution in [3.63, 3.8) is 0 Å². The Balaban J connectivity index is 2.35. The summed E-state index contributed by atoms with van der Waals surface area (Å²) in [4.78, 5) is 4.62.